The summed E-state index contributed by atoms with van der Waals surface area (Å²) in [6.07, 6.45) is 0.601. The lowest BCUT2D eigenvalue weighted by molar-refractivity contribution is 0.595. The third kappa shape index (κ3) is 3.62. The van der Waals surface area contributed by atoms with Crippen LogP contribution in [0.5, 0.6) is 0 Å². The quantitative estimate of drug-likeness (QED) is 0.656. The molecule has 0 aromatic heterocycles. The number of nitrogen functional groups attached to an aromatic ring is 1. The van der Waals surface area contributed by atoms with Gasteiger partial charge in [-0.1, -0.05) is 0 Å². The van der Waals surface area contributed by atoms with Crippen molar-refractivity contribution in [1.82, 2.24) is 0 Å². The Morgan fingerprint density at radius 1 is 1.35 bits per heavy atom. The van der Waals surface area contributed by atoms with Crippen molar-refractivity contribution in [2.45, 2.75) is 11.3 Å². The molecule has 1 saturated heterocycles. The van der Waals surface area contributed by atoms with Gasteiger partial charge in [0.1, 0.15) is 0 Å². The first kappa shape index (κ1) is 15.1. The van der Waals surface area contributed by atoms with Gasteiger partial charge in [-0.3, -0.25) is 0 Å². The van der Waals surface area contributed by atoms with Gasteiger partial charge in [0.15, 0.2) is 9.84 Å². The average molecular weight is 319 g/mol. The molecule has 1 aromatic carbocycles. The van der Waals surface area contributed by atoms with Gasteiger partial charge < -0.3 is 11.1 Å². The van der Waals surface area contributed by atoms with E-state index >= 15 is 0 Å². The predicted molar refractivity (Wildman–Crippen MR) is 77.5 cm³/mol. The molecule has 1 atom stereocenters. The molecular weight excluding hydrogens is 302 g/mol. The number of nitrogens with one attached hydrogen (secondary N) is 1. The molecule has 0 bridgehead atoms. The molecule has 7 nitrogen and oxygen atoms in total. The first-order valence-corrected chi connectivity index (χ1v) is 9.41. The van der Waals surface area contributed by atoms with Crippen molar-refractivity contribution >= 4 is 31.2 Å². The summed E-state index contributed by atoms with van der Waals surface area (Å²) in [5, 5.41) is 8.05. The van der Waals surface area contributed by atoms with E-state index in [4.69, 9.17) is 10.9 Å². The lowest BCUT2D eigenvalue weighted by Crippen LogP contribution is -2.17. The van der Waals surface area contributed by atoms with Gasteiger partial charge in [0, 0.05) is 6.54 Å². The Balaban J connectivity index is 2.10. The third-order valence-electron chi connectivity index (χ3n) is 3.26. The van der Waals surface area contributed by atoms with Gasteiger partial charge in [0.05, 0.1) is 27.8 Å². The van der Waals surface area contributed by atoms with Gasteiger partial charge in [-0.15, -0.1) is 0 Å². The average Bonchev–Trinajstić information content (AvgIpc) is 2.66. The summed E-state index contributed by atoms with van der Waals surface area (Å²) in [6, 6.07) is 4.14. The maximum absolute atomic E-state index is 11.4. The summed E-state index contributed by atoms with van der Waals surface area (Å²) in [6.45, 7) is 0.428. The molecule has 0 spiro atoms. The number of sulfone groups is 1. The number of benzene rings is 1. The molecule has 1 aliphatic heterocycles. The lowest BCUT2D eigenvalue weighted by Gasteiger charge is -2.13. The fourth-order valence-electron chi connectivity index (χ4n) is 2.15. The van der Waals surface area contributed by atoms with Crippen molar-refractivity contribution in [2.75, 3.05) is 29.1 Å². The minimum atomic E-state index is -3.79. The lowest BCUT2D eigenvalue weighted by atomic mass is 10.1. The van der Waals surface area contributed by atoms with E-state index in [0.717, 1.165) is 0 Å². The van der Waals surface area contributed by atoms with E-state index < -0.39 is 19.9 Å². The molecule has 0 aliphatic carbocycles. The molecule has 1 fully saturated rings. The topological polar surface area (TPSA) is 132 Å². The first-order valence-electron chi connectivity index (χ1n) is 6.04. The van der Waals surface area contributed by atoms with E-state index in [1.807, 2.05) is 0 Å². The van der Waals surface area contributed by atoms with Crippen LogP contribution in [0.2, 0.25) is 0 Å². The van der Waals surface area contributed by atoms with Crippen LogP contribution in [-0.4, -0.2) is 34.9 Å². The Hall–Kier alpha value is -1.32. The van der Waals surface area contributed by atoms with Crippen LogP contribution in [0.25, 0.3) is 0 Å². The van der Waals surface area contributed by atoms with E-state index in [9.17, 15) is 16.8 Å². The highest BCUT2D eigenvalue weighted by molar-refractivity contribution is 7.91. The van der Waals surface area contributed by atoms with E-state index in [1.54, 1.807) is 0 Å². The minimum absolute atomic E-state index is 0.0116. The van der Waals surface area contributed by atoms with Crippen LogP contribution in [-0.2, 0) is 19.9 Å². The van der Waals surface area contributed by atoms with E-state index in [-0.39, 0.29) is 22.3 Å². The molecule has 1 unspecified atom stereocenters. The number of sulfonamides is 1. The standard InChI is InChI=1S/C11H17N3O4S2/c12-10-2-1-9(20(13,17)18)5-11(10)14-6-8-3-4-19(15,16)7-8/h1-2,5,8,14H,3-4,6-7,12H2,(H2,13,17,18). The van der Waals surface area contributed by atoms with Gasteiger partial charge in [-0.25, -0.2) is 22.0 Å². The zero-order chi connectivity index (χ0) is 15.0. The summed E-state index contributed by atoms with van der Waals surface area (Å²) in [5.74, 6) is 0.360. The fourth-order valence-corrected chi connectivity index (χ4v) is 4.55. The van der Waals surface area contributed by atoms with Crippen LogP contribution in [0.3, 0.4) is 0 Å². The Morgan fingerprint density at radius 2 is 2.05 bits per heavy atom. The first-order chi connectivity index (χ1) is 9.17. The van der Waals surface area contributed by atoms with Crippen LogP contribution in [0.15, 0.2) is 23.1 Å². The van der Waals surface area contributed by atoms with Crippen molar-refractivity contribution in [3.8, 4) is 0 Å². The van der Waals surface area contributed by atoms with Gasteiger partial charge in [0.25, 0.3) is 0 Å². The highest BCUT2D eigenvalue weighted by Gasteiger charge is 2.27. The van der Waals surface area contributed by atoms with Crippen molar-refractivity contribution in [3.63, 3.8) is 0 Å². The van der Waals surface area contributed by atoms with Crippen molar-refractivity contribution in [2.24, 2.45) is 11.1 Å². The van der Waals surface area contributed by atoms with Crippen molar-refractivity contribution < 1.29 is 16.8 Å². The SMILES string of the molecule is Nc1ccc(S(N)(=O)=O)cc1NCC1CCS(=O)(=O)C1. The molecular formula is C11H17N3O4S2. The Bertz CT molecular complexity index is 713. The second kappa shape index (κ2) is 5.23. The van der Waals surface area contributed by atoms with Crippen LogP contribution < -0.4 is 16.2 Å². The molecule has 0 saturated carbocycles. The fraction of sp³-hybridized carbons (Fsp3) is 0.455. The second-order valence-electron chi connectivity index (χ2n) is 4.94. The monoisotopic (exact) mass is 319 g/mol. The molecule has 5 N–H and O–H groups in total. The molecule has 20 heavy (non-hydrogen) atoms. The van der Waals surface area contributed by atoms with Gasteiger partial charge >= 0.3 is 0 Å². The molecule has 0 amide bonds. The molecule has 0 radical (unpaired) electrons. The minimum Gasteiger partial charge on any atom is -0.397 e. The normalized spacial score (nSPS) is 21.8. The van der Waals surface area contributed by atoms with Crippen LogP contribution >= 0.6 is 0 Å². The van der Waals surface area contributed by atoms with Crippen molar-refractivity contribution in [1.29, 1.82) is 0 Å². The summed E-state index contributed by atoms with van der Waals surface area (Å²) >= 11 is 0. The number of rotatable bonds is 4. The van der Waals surface area contributed by atoms with Gasteiger partial charge in [-0.05, 0) is 30.5 Å². The van der Waals surface area contributed by atoms with E-state index in [2.05, 4.69) is 5.32 Å². The summed E-state index contributed by atoms with van der Waals surface area (Å²) < 4.78 is 45.3. The summed E-state index contributed by atoms with van der Waals surface area (Å²) in [5.41, 5.74) is 6.59. The maximum atomic E-state index is 11.4. The Morgan fingerprint density at radius 3 is 2.60 bits per heavy atom. The van der Waals surface area contributed by atoms with Crippen LogP contribution in [0.1, 0.15) is 6.42 Å². The third-order valence-corrected chi connectivity index (χ3v) is 6.01. The van der Waals surface area contributed by atoms with Gasteiger partial charge in [-0.2, -0.15) is 0 Å². The predicted octanol–water partition coefficient (Wildman–Crippen LogP) is -0.237. The van der Waals surface area contributed by atoms with Crippen LogP contribution in [0, 0.1) is 5.92 Å². The van der Waals surface area contributed by atoms with Crippen molar-refractivity contribution in [3.05, 3.63) is 18.2 Å². The molecule has 2 rings (SSSR count). The number of primary sulfonamides is 1. The molecule has 112 valence electrons. The zero-order valence-electron chi connectivity index (χ0n) is 10.7. The Labute approximate surface area is 118 Å². The maximum Gasteiger partial charge on any atom is 0.238 e. The zero-order valence-corrected chi connectivity index (χ0v) is 12.4. The number of nitrogens with two attached hydrogens (primary N) is 2. The van der Waals surface area contributed by atoms with Crippen LogP contribution in [0.4, 0.5) is 11.4 Å². The number of hydrogen-bond donors (Lipinski definition) is 3. The largest absolute Gasteiger partial charge is 0.397 e. The molecule has 1 aromatic rings. The summed E-state index contributed by atoms with van der Waals surface area (Å²) in [4.78, 5) is -0.0340. The second-order valence-corrected chi connectivity index (χ2v) is 8.73. The van der Waals surface area contributed by atoms with E-state index in [1.165, 1.54) is 18.2 Å². The molecule has 9 heteroatoms. The Kier molecular flexibility index (Phi) is 3.94. The highest BCUT2D eigenvalue weighted by atomic mass is 32.2. The number of anilines is 2. The van der Waals surface area contributed by atoms with Gasteiger partial charge in [0.2, 0.25) is 10.0 Å². The molecule has 1 aliphatic rings. The number of hydrogen-bond acceptors (Lipinski definition) is 6. The highest BCUT2D eigenvalue weighted by Crippen LogP contribution is 2.24. The smallest absolute Gasteiger partial charge is 0.238 e. The van der Waals surface area contributed by atoms with E-state index in [0.29, 0.717) is 24.3 Å². The summed E-state index contributed by atoms with van der Waals surface area (Å²) in [7, 11) is -6.72. The molecule has 1 heterocycles.